The maximum absolute atomic E-state index is 12.3. The molecule has 0 unspecified atom stereocenters. The first kappa shape index (κ1) is 18.4. The average Bonchev–Trinajstić information content (AvgIpc) is 2.68. The molecule has 1 aromatic heterocycles. The number of benzene rings is 2. The van der Waals surface area contributed by atoms with Crippen LogP contribution in [0.5, 0.6) is 5.75 Å². The summed E-state index contributed by atoms with van der Waals surface area (Å²) in [5, 5.41) is 3.77. The van der Waals surface area contributed by atoms with Gasteiger partial charge in [-0.1, -0.05) is 24.3 Å². The molecular weight excluding hydrogens is 342 g/mol. The number of rotatable bonds is 6. The first-order valence-corrected chi connectivity index (χ1v) is 8.64. The molecule has 2 amide bonds. The Balaban J connectivity index is 1.73. The molecule has 3 rings (SSSR count). The molecule has 0 fully saturated rings. The fraction of sp³-hybridized carbons (Fsp3) is 0.190. The molecule has 2 aromatic carbocycles. The third-order valence-electron chi connectivity index (χ3n) is 4.20. The van der Waals surface area contributed by atoms with Crippen molar-refractivity contribution in [3.63, 3.8) is 0 Å². The highest BCUT2D eigenvalue weighted by Gasteiger charge is 2.16. The number of fused-ring (bicyclic) bond motifs is 1. The van der Waals surface area contributed by atoms with E-state index in [1.165, 1.54) is 6.92 Å². The molecule has 0 bridgehead atoms. The highest BCUT2D eigenvalue weighted by Crippen LogP contribution is 2.25. The van der Waals surface area contributed by atoms with Crippen molar-refractivity contribution in [3.05, 3.63) is 60.8 Å². The Morgan fingerprint density at radius 2 is 1.89 bits per heavy atom. The van der Waals surface area contributed by atoms with Gasteiger partial charge in [-0.2, -0.15) is 0 Å². The van der Waals surface area contributed by atoms with Gasteiger partial charge in [-0.15, -0.1) is 0 Å². The minimum absolute atomic E-state index is 0.137. The molecule has 0 aliphatic carbocycles. The lowest BCUT2D eigenvalue weighted by molar-refractivity contribution is -0.117. The fourth-order valence-electron chi connectivity index (χ4n) is 2.89. The minimum atomic E-state index is -0.178. The van der Waals surface area contributed by atoms with E-state index >= 15 is 0 Å². The Morgan fingerprint density at radius 1 is 1.11 bits per heavy atom. The SMILES string of the molecule is COc1cccc(NC(=O)CCN(C(C)=O)c2cccc3cccnc23)c1. The van der Waals surface area contributed by atoms with E-state index in [1.54, 1.807) is 42.5 Å². The molecule has 0 saturated carbocycles. The lowest BCUT2D eigenvalue weighted by atomic mass is 10.1. The molecule has 0 atom stereocenters. The van der Waals surface area contributed by atoms with Crippen LogP contribution in [-0.4, -0.2) is 30.5 Å². The standard InChI is InChI=1S/C21H21N3O3/c1-15(25)24(19-10-3-6-16-7-5-12-22-21(16)19)13-11-20(26)23-17-8-4-9-18(14-17)27-2/h3-10,12,14H,11,13H2,1-2H3,(H,23,26). The molecule has 1 N–H and O–H groups in total. The number of carbonyl (C=O) groups excluding carboxylic acids is 2. The topological polar surface area (TPSA) is 71.5 Å². The second kappa shape index (κ2) is 8.31. The van der Waals surface area contributed by atoms with Crippen LogP contribution in [0.3, 0.4) is 0 Å². The molecule has 0 aliphatic heterocycles. The smallest absolute Gasteiger partial charge is 0.226 e. The molecule has 27 heavy (non-hydrogen) atoms. The molecule has 138 valence electrons. The Morgan fingerprint density at radius 3 is 2.67 bits per heavy atom. The van der Waals surface area contributed by atoms with Gasteiger partial charge in [-0.3, -0.25) is 14.6 Å². The number of pyridine rings is 1. The molecule has 0 radical (unpaired) electrons. The van der Waals surface area contributed by atoms with E-state index in [1.807, 2.05) is 30.3 Å². The number of anilines is 2. The summed E-state index contributed by atoms with van der Waals surface area (Å²) >= 11 is 0. The summed E-state index contributed by atoms with van der Waals surface area (Å²) < 4.78 is 5.15. The monoisotopic (exact) mass is 363 g/mol. The van der Waals surface area contributed by atoms with Crippen molar-refractivity contribution in [1.82, 2.24) is 4.98 Å². The van der Waals surface area contributed by atoms with E-state index in [2.05, 4.69) is 10.3 Å². The third-order valence-corrected chi connectivity index (χ3v) is 4.20. The van der Waals surface area contributed by atoms with E-state index < -0.39 is 0 Å². The summed E-state index contributed by atoms with van der Waals surface area (Å²) in [6.45, 7) is 1.75. The van der Waals surface area contributed by atoms with Crippen molar-refractivity contribution in [2.75, 3.05) is 23.9 Å². The van der Waals surface area contributed by atoms with E-state index in [0.29, 0.717) is 17.1 Å². The number of methoxy groups -OCH3 is 1. The van der Waals surface area contributed by atoms with Gasteiger partial charge in [0.2, 0.25) is 11.8 Å². The second-order valence-electron chi connectivity index (χ2n) is 6.05. The van der Waals surface area contributed by atoms with Crippen LogP contribution in [0.2, 0.25) is 0 Å². The van der Waals surface area contributed by atoms with Crippen molar-refractivity contribution in [2.24, 2.45) is 0 Å². The maximum atomic E-state index is 12.3. The van der Waals surface area contributed by atoms with E-state index in [0.717, 1.165) is 10.9 Å². The highest BCUT2D eigenvalue weighted by molar-refractivity contribution is 6.01. The fourth-order valence-corrected chi connectivity index (χ4v) is 2.89. The number of aromatic nitrogens is 1. The summed E-state index contributed by atoms with van der Waals surface area (Å²) in [7, 11) is 1.57. The van der Waals surface area contributed by atoms with Crippen LogP contribution < -0.4 is 15.0 Å². The van der Waals surface area contributed by atoms with Crippen molar-refractivity contribution < 1.29 is 14.3 Å². The zero-order valence-corrected chi connectivity index (χ0v) is 15.3. The summed E-state index contributed by atoms with van der Waals surface area (Å²) in [6, 6.07) is 16.6. The maximum Gasteiger partial charge on any atom is 0.226 e. The number of hydrogen-bond acceptors (Lipinski definition) is 4. The van der Waals surface area contributed by atoms with Gasteiger partial charge in [0.1, 0.15) is 5.75 Å². The first-order chi connectivity index (χ1) is 13.1. The molecule has 0 spiro atoms. The predicted octanol–water partition coefficient (Wildman–Crippen LogP) is 3.63. The van der Waals surface area contributed by atoms with Crippen molar-refractivity contribution in [3.8, 4) is 5.75 Å². The van der Waals surface area contributed by atoms with Gasteiger partial charge in [-0.25, -0.2) is 0 Å². The summed E-state index contributed by atoms with van der Waals surface area (Å²) in [4.78, 5) is 30.5. The molecular formula is C21H21N3O3. The highest BCUT2D eigenvalue weighted by atomic mass is 16.5. The largest absolute Gasteiger partial charge is 0.497 e. The van der Waals surface area contributed by atoms with Gasteiger partial charge in [0, 0.05) is 43.2 Å². The number of ether oxygens (including phenoxy) is 1. The number of hydrogen-bond donors (Lipinski definition) is 1. The molecule has 0 saturated heterocycles. The molecule has 1 heterocycles. The zero-order valence-electron chi connectivity index (χ0n) is 15.3. The van der Waals surface area contributed by atoms with Crippen molar-refractivity contribution in [1.29, 1.82) is 0 Å². The van der Waals surface area contributed by atoms with Crippen LogP contribution in [0.15, 0.2) is 60.8 Å². The van der Waals surface area contributed by atoms with E-state index in [-0.39, 0.29) is 24.8 Å². The summed E-state index contributed by atoms with van der Waals surface area (Å²) in [5.41, 5.74) is 2.10. The van der Waals surface area contributed by atoms with Crippen LogP contribution in [0.4, 0.5) is 11.4 Å². The normalized spacial score (nSPS) is 10.4. The van der Waals surface area contributed by atoms with Gasteiger partial charge >= 0.3 is 0 Å². The second-order valence-corrected chi connectivity index (χ2v) is 6.05. The zero-order chi connectivity index (χ0) is 19.2. The van der Waals surface area contributed by atoms with E-state index in [9.17, 15) is 9.59 Å². The average molecular weight is 363 g/mol. The van der Waals surface area contributed by atoms with Crippen molar-refractivity contribution >= 4 is 34.1 Å². The van der Waals surface area contributed by atoms with E-state index in [4.69, 9.17) is 4.74 Å². The minimum Gasteiger partial charge on any atom is -0.497 e. The number of amides is 2. The number of carbonyl (C=O) groups is 2. The number of nitrogens with zero attached hydrogens (tertiary/aromatic N) is 2. The Bertz CT molecular complexity index is 966. The van der Waals surface area contributed by atoms with Gasteiger partial charge in [0.05, 0.1) is 18.3 Å². The quantitative estimate of drug-likeness (QED) is 0.726. The molecule has 6 heteroatoms. The Hall–Kier alpha value is -3.41. The van der Waals surface area contributed by atoms with Crippen LogP contribution in [0, 0.1) is 0 Å². The van der Waals surface area contributed by atoms with Crippen molar-refractivity contribution in [2.45, 2.75) is 13.3 Å². The lowest BCUT2D eigenvalue weighted by Crippen LogP contribution is -2.32. The number of nitrogens with one attached hydrogen (secondary N) is 1. The van der Waals surface area contributed by atoms with Crippen LogP contribution in [0.25, 0.3) is 10.9 Å². The molecule has 0 aliphatic rings. The van der Waals surface area contributed by atoms with Crippen LogP contribution >= 0.6 is 0 Å². The lowest BCUT2D eigenvalue weighted by Gasteiger charge is -2.22. The van der Waals surface area contributed by atoms with Gasteiger partial charge in [-0.05, 0) is 24.3 Å². The summed E-state index contributed by atoms with van der Waals surface area (Å²) in [6.07, 6.45) is 1.86. The Kier molecular flexibility index (Phi) is 5.66. The van der Waals surface area contributed by atoms with Crippen LogP contribution in [0.1, 0.15) is 13.3 Å². The number of para-hydroxylation sites is 1. The Labute approximate surface area is 157 Å². The van der Waals surface area contributed by atoms with Gasteiger partial charge < -0.3 is 15.0 Å². The predicted molar refractivity (Wildman–Crippen MR) is 106 cm³/mol. The molecule has 6 nitrogen and oxygen atoms in total. The van der Waals surface area contributed by atoms with Gasteiger partial charge in [0.25, 0.3) is 0 Å². The third kappa shape index (κ3) is 4.41. The van der Waals surface area contributed by atoms with Crippen LogP contribution in [-0.2, 0) is 9.59 Å². The van der Waals surface area contributed by atoms with Gasteiger partial charge in [0.15, 0.2) is 0 Å². The first-order valence-electron chi connectivity index (χ1n) is 8.64. The molecule has 3 aromatic rings. The summed E-state index contributed by atoms with van der Waals surface area (Å²) in [5.74, 6) is 0.352.